The van der Waals surface area contributed by atoms with Crippen LogP contribution >= 0.6 is 57.9 Å². The second kappa shape index (κ2) is 12.6. The van der Waals surface area contributed by atoms with Gasteiger partial charge in [0.1, 0.15) is 5.69 Å². The van der Waals surface area contributed by atoms with Crippen molar-refractivity contribution in [1.29, 1.82) is 0 Å². The molecule has 0 radical (unpaired) electrons. The molecular formula is C23H19Cl3N8S2Sn. The average molecular weight is 697 g/mol. The number of rotatable bonds is 2. The summed E-state index contributed by atoms with van der Waals surface area (Å²) in [6, 6.07) is 12.1. The van der Waals surface area contributed by atoms with Gasteiger partial charge in [0, 0.05) is 11.6 Å². The minimum absolute atomic E-state index is 0.218. The van der Waals surface area contributed by atoms with E-state index in [4.69, 9.17) is 34.8 Å². The molecule has 0 aliphatic rings. The van der Waals surface area contributed by atoms with Crippen molar-refractivity contribution in [3.8, 4) is 10.7 Å². The zero-order valence-corrected chi connectivity index (χ0v) is 26.6. The molecule has 6 rings (SSSR count). The second-order valence-electron chi connectivity index (χ2n) is 8.47. The van der Waals surface area contributed by atoms with Crippen molar-refractivity contribution in [3.63, 3.8) is 0 Å². The molecule has 0 aromatic carbocycles. The van der Waals surface area contributed by atoms with Gasteiger partial charge in [-0.15, -0.1) is 0 Å². The third-order valence-electron chi connectivity index (χ3n) is 4.74. The minimum atomic E-state index is -2.00. The van der Waals surface area contributed by atoms with Crippen LogP contribution < -0.4 is 3.71 Å². The molecule has 0 fully saturated rings. The van der Waals surface area contributed by atoms with E-state index in [0.29, 0.717) is 4.47 Å². The maximum atomic E-state index is 5.68. The average Bonchev–Trinajstić information content (AvgIpc) is 3.50. The van der Waals surface area contributed by atoms with Gasteiger partial charge in [0.15, 0.2) is 5.01 Å². The number of halogens is 3. The summed E-state index contributed by atoms with van der Waals surface area (Å²) < 4.78 is 9.19. The molecule has 0 saturated carbocycles. The molecule has 37 heavy (non-hydrogen) atoms. The summed E-state index contributed by atoms with van der Waals surface area (Å²) in [5.41, 5.74) is 2.62. The van der Waals surface area contributed by atoms with Gasteiger partial charge < -0.3 is 0 Å². The summed E-state index contributed by atoms with van der Waals surface area (Å²) in [5.74, 6) is 0. The van der Waals surface area contributed by atoms with Crippen LogP contribution in [0.5, 0.6) is 0 Å². The van der Waals surface area contributed by atoms with Crippen LogP contribution in [0.3, 0.4) is 0 Å². The normalized spacial score (nSPS) is 11.0. The number of nitrogens with zero attached hydrogens (tertiary/aromatic N) is 8. The number of hydrogen-bond donors (Lipinski definition) is 0. The number of pyridine rings is 4. The van der Waals surface area contributed by atoms with Gasteiger partial charge >= 0.3 is 88.4 Å². The molecule has 0 atom stereocenters. The van der Waals surface area contributed by atoms with Crippen LogP contribution in [0.2, 0.25) is 29.9 Å². The molecule has 0 aliphatic heterocycles. The summed E-state index contributed by atoms with van der Waals surface area (Å²) in [4.78, 5) is 32.0. The Bertz CT molecular complexity index is 1620. The zero-order chi connectivity index (χ0) is 26.4. The van der Waals surface area contributed by atoms with Crippen molar-refractivity contribution >= 4 is 102 Å². The molecule has 0 bridgehead atoms. The van der Waals surface area contributed by atoms with E-state index in [1.54, 1.807) is 12.4 Å². The van der Waals surface area contributed by atoms with Crippen LogP contribution in [0, 0.1) is 0 Å². The van der Waals surface area contributed by atoms with Gasteiger partial charge in [0.2, 0.25) is 15.0 Å². The fourth-order valence-corrected chi connectivity index (χ4v) is 7.50. The van der Waals surface area contributed by atoms with Gasteiger partial charge in [-0.25, -0.2) is 4.98 Å². The van der Waals surface area contributed by atoms with E-state index in [9.17, 15) is 0 Å². The summed E-state index contributed by atoms with van der Waals surface area (Å²) >= 11 is 16.6. The number of hydrogen-bond acceptors (Lipinski definition) is 10. The Morgan fingerprint density at radius 1 is 0.703 bits per heavy atom. The fourth-order valence-electron chi connectivity index (χ4n) is 2.98. The van der Waals surface area contributed by atoms with E-state index >= 15 is 0 Å². The molecule has 8 nitrogen and oxygen atoms in total. The Balaban J connectivity index is 0.000000139. The second-order valence-corrected chi connectivity index (χ2v) is 25.5. The maximum absolute atomic E-state index is 5.68. The van der Waals surface area contributed by atoms with Crippen molar-refractivity contribution in [1.82, 2.24) is 38.7 Å². The predicted molar refractivity (Wildman–Crippen MR) is 156 cm³/mol. The molecule has 6 aromatic heterocycles. The third-order valence-corrected chi connectivity index (χ3v) is 12.0. The fraction of sp³-hybridized carbons (Fsp3) is 0.130. The standard InChI is InChI=1S/C10H5ClN4S.C8H5N2.C2Cl2N2S.3CH3.Sn/c11-10-14-9(16-15-10)7-4-6-2-1-3-12-8(6)5-13-7;1-2-7-3-5-9-6-8(7)10-4-1;3-1-5-2(4)7-6-1;;;;/h1-5H;1-4,6H;;3*1H3;. The topological polar surface area (TPSA) is 103 Å². The van der Waals surface area contributed by atoms with Crippen LogP contribution in [0.1, 0.15) is 0 Å². The van der Waals surface area contributed by atoms with Gasteiger partial charge in [0.25, 0.3) is 0 Å². The van der Waals surface area contributed by atoms with Gasteiger partial charge in [-0.05, 0) is 70.0 Å². The van der Waals surface area contributed by atoms with E-state index in [0.717, 1.165) is 38.7 Å². The Morgan fingerprint density at radius 3 is 1.81 bits per heavy atom. The third kappa shape index (κ3) is 7.95. The first kappa shape index (κ1) is 27.9. The van der Waals surface area contributed by atoms with Crippen LogP contribution in [0.25, 0.3) is 32.5 Å². The number of fused-ring (bicyclic) bond motifs is 2. The Morgan fingerprint density at radius 2 is 1.30 bits per heavy atom. The van der Waals surface area contributed by atoms with E-state index in [1.165, 1.54) is 20.6 Å². The molecule has 0 aliphatic carbocycles. The Kier molecular flexibility index (Phi) is 9.54. The van der Waals surface area contributed by atoms with E-state index in [-0.39, 0.29) is 10.6 Å². The van der Waals surface area contributed by atoms with Crippen LogP contribution in [0.4, 0.5) is 0 Å². The SMILES string of the molecule is Clc1nsc(-c2cc3cccnc3cn2)n1.Clc1nsc(Cl)n1.[CH3][Sn]([CH3])([CH3])[c]1cc2cccnc2cn1. The molecule has 188 valence electrons. The van der Waals surface area contributed by atoms with Gasteiger partial charge in [0.05, 0.1) is 11.7 Å². The molecule has 6 heterocycles. The van der Waals surface area contributed by atoms with Crippen molar-refractivity contribution < 1.29 is 0 Å². The summed E-state index contributed by atoms with van der Waals surface area (Å²) in [6.45, 7) is 0. The molecule has 0 spiro atoms. The molecule has 14 heteroatoms. The van der Waals surface area contributed by atoms with Crippen molar-refractivity contribution in [2.45, 2.75) is 14.8 Å². The summed E-state index contributed by atoms with van der Waals surface area (Å²) in [7, 11) is 0. The van der Waals surface area contributed by atoms with E-state index in [1.807, 2.05) is 36.7 Å². The predicted octanol–water partition coefficient (Wildman–Crippen LogP) is 6.82. The monoisotopic (exact) mass is 696 g/mol. The number of aromatic nitrogens is 8. The van der Waals surface area contributed by atoms with Crippen LogP contribution in [-0.2, 0) is 0 Å². The van der Waals surface area contributed by atoms with Crippen molar-refractivity contribution in [3.05, 3.63) is 76.2 Å². The van der Waals surface area contributed by atoms with Crippen molar-refractivity contribution in [2.24, 2.45) is 0 Å². The quantitative estimate of drug-likeness (QED) is 0.182. The molecule has 0 N–H and O–H groups in total. The zero-order valence-electron chi connectivity index (χ0n) is 19.8. The van der Waals surface area contributed by atoms with E-state index in [2.05, 4.69) is 65.6 Å². The Labute approximate surface area is 240 Å². The first-order valence-corrected chi connectivity index (χ1v) is 23.4. The first-order valence-electron chi connectivity index (χ1n) is 10.8. The van der Waals surface area contributed by atoms with Crippen LogP contribution in [0.15, 0.2) is 61.2 Å². The molecule has 6 aromatic rings. The molecule has 0 unspecified atom stereocenters. The van der Waals surface area contributed by atoms with Gasteiger partial charge in [-0.1, -0.05) is 6.07 Å². The molecule has 0 amide bonds. The summed E-state index contributed by atoms with van der Waals surface area (Å²) in [6.07, 6.45) is 7.17. The van der Waals surface area contributed by atoms with Crippen molar-refractivity contribution in [2.75, 3.05) is 0 Å². The molecule has 0 saturated heterocycles. The van der Waals surface area contributed by atoms with Gasteiger partial charge in [-0.3, -0.25) is 9.97 Å². The Hall–Kier alpha value is -2.09. The van der Waals surface area contributed by atoms with E-state index < -0.39 is 18.4 Å². The first-order chi connectivity index (χ1) is 17.7. The molecular weight excluding hydrogens is 678 g/mol. The van der Waals surface area contributed by atoms with Crippen LogP contribution in [-0.4, -0.2) is 57.0 Å². The van der Waals surface area contributed by atoms with Gasteiger partial charge in [-0.2, -0.15) is 13.7 Å². The summed E-state index contributed by atoms with van der Waals surface area (Å²) in [5, 5.41) is 3.43.